The number of rotatable bonds is 4. The van der Waals surface area contributed by atoms with Crippen LogP contribution in [0.2, 0.25) is 0 Å². The lowest BCUT2D eigenvalue weighted by molar-refractivity contribution is 0.206. The Bertz CT molecular complexity index is 571. The van der Waals surface area contributed by atoms with Crippen LogP contribution in [0.5, 0.6) is 5.88 Å². The van der Waals surface area contributed by atoms with Crippen LogP contribution in [0.4, 0.5) is 0 Å². The molecule has 0 bridgehead atoms. The average Bonchev–Trinajstić information content (AvgIpc) is 3.11. The van der Waals surface area contributed by atoms with E-state index in [0.717, 1.165) is 19.3 Å². The molecule has 2 aliphatic rings. The molecule has 1 aliphatic heterocycles. The van der Waals surface area contributed by atoms with E-state index in [9.17, 15) is 8.42 Å². The molecule has 3 rings (SSSR count). The van der Waals surface area contributed by atoms with Crippen molar-refractivity contribution in [3.05, 3.63) is 18.1 Å². The van der Waals surface area contributed by atoms with Crippen LogP contribution in [-0.4, -0.2) is 47.1 Å². The molecule has 2 heterocycles. The van der Waals surface area contributed by atoms with Crippen molar-refractivity contribution in [3.63, 3.8) is 0 Å². The molecule has 1 saturated heterocycles. The fourth-order valence-corrected chi connectivity index (χ4v) is 4.16. The maximum absolute atomic E-state index is 12.1. The SMILES string of the molecule is Cc1nccc(OC2CCN(S(=O)(=O)C3CC3)C2)n1. The van der Waals surface area contributed by atoms with Gasteiger partial charge in [-0.1, -0.05) is 0 Å². The Kier molecular flexibility index (Phi) is 3.18. The number of aromatic nitrogens is 2. The lowest BCUT2D eigenvalue weighted by atomic mass is 10.3. The van der Waals surface area contributed by atoms with Crippen LogP contribution in [0.3, 0.4) is 0 Å². The first-order chi connectivity index (χ1) is 9.05. The van der Waals surface area contributed by atoms with Gasteiger partial charge >= 0.3 is 0 Å². The van der Waals surface area contributed by atoms with E-state index in [-0.39, 0.29) is 11.4 Å². The summed E-state index contributed by atoms with van der Waals surface area (Å²) in [7, 11) is -3.08. The van der Waals surface area contributed by atoms with Crippen molar-refractivity contribution in [1.82, 2.24) is 14.3 Å². The molecule has 1 aromatic rings. The molecule has 0 N–H and O–H groups in total. The zero-order valence-corrected chi connectivity index (χ0v) is 11.6. The van der Waals surface area contributed by atoms with E-state index in [2.05, 4.69) is 9.97 Å². The van der Waals surface area contributed by atoms with Crippen molar-refractivity contribution >= 4 is 10.0 Å². The van der Waals surface area contributed by atoms with Crippen LogP contribution >= 0.6 is 0 Å². The van der Waals surface area contributed by atoms with Gasteiger partial charge in [0.2, 0.25) is 15.9 Å². The molecule has 19 heavy (non-hydrogen) atoms. The van der Waals surface area contributed by atoms with Crippen molar-refractivity contribution in [2.75, 3.05) is 13.1 Å². The van der Waals surface area contributed by atoms with E-state index in [1.54, 1.807) is 23.5 Å². The van der Waals surface area contributed by atoms with Gasteiger partial charge in [-0.05, 0) is 26.2 Å². The third-order valence-electron chi connectivity index (χ3n) is 3.45. The molecule has 1 aromatic heterocycles. The molecule has 0 amide bonds. The molecule has 1 saturated carbocycles. The lowest BCUT2D eigenvalue weighted by Gasteiger charge is -2.16. The Labute approximate surface area is 112 Å². The predicted molar refractivity (Wildman–Crippen MR) is 69.3 cm³/mol. The number of aryl methyl sites for hydroxylation is 1. The van der Waals surface area contributed by atoms with Crippen molar-refractivity contribution in [1.29, 1.82) is 0 Å². The summed E-state index contributed by atoms with van der Waals surface area (Å²) in [5.74, 6) is 1.17. The Morgan fingerprint density at radius 3 is 2.84 bits per heavy atom. The maximum atomic E-state index is 12.1. The van der Waals surface area contributed by atoms with Crippen LogP contribution in [0.25, 0.3) is 0 Å². The topological polar surface area (TPSA) is 72.4 Å². The molecular weight excluding hydrogens is 266 g/mol. The summed E-state index contributed by atoms with van der Waals surface area (Å²) in [5, 5.41) is -0.146. The van der Waals surface area contributed by atoms with E-state index in [1.165, 1.54) is 0 Å². The highest BCUT2D eigenvalue weighted by Gasteiger charge is 2.43. The molecule has 0 radical (unpaired) electrons. The Morgan fingerprint density at radius 2 is 2.16 bits per heavy atom. The minimum atomic E-state index is -3.08. The van der Waals surface area contributed by atoms with Gasteiger partial charge in [-0.15, -0.1) is 0 Å². The van der Waals surface area contributed by atoms with Gasteiger partial charge in [0.25, 0.3) is 0 Å². The second-order valence-electron chi connectivity index (χ2n) is 5.07. The summed E-state index contributed by atoms with van der Waals surface area (Å²) in [5.41, 5.74) is 0. The van der Waals surface area contributed by atoms with Gasteiger partial charge < -0.3 is 4.74 Å². The molecule has 7 heteroatoms. The van der Waals surface area contributed by atoms with E-state index >= 15 is 0 Å². The number of sulfonamides is 1. The summed E-state index contributed by atoms with van der Waals surface area (Å²) >= 11 is 0. The Hall–Kier alpha value is -1.21. The Balaban J connectivity index is 1.63. The number of ether oxygens (including phenoxy) is 1. The van der Waals surface area contributed by atoms with Crippen LogP contribution < -0.4 is 4.74 Å². The summed E-state index contributed by atoms with van der Waals surface area (Å²) in [6.45, 7) is 2.78. The first kappa shape index (κ1) is 12.8. The summed E-state index contributed by atoms with van der Waals surface area (Å²) < 4.78 is 31.5. The van der Waals surface area contributed by atoms with Crippen molar-refractivity contribution in [2.45, 2.75) is 37.5 Å². The van der Waals surface area contributed by atoms with Crippen LogP contribution in [0.1, 0.15) is 25.1 Å². The van der Waals surface area contributed by atoms with E-state index in [4.69, 9.17) is 4.74 Å². The van der Waals surface area contributed by atoms with Gasteiger partial charge in [0.1, 0.15) is 11.9 Å². The van der Waals surface area contributed by atoms with Crippen molar-refractivity contribution < 1.29 is 13.2 Å². The molecule has 1 aliphatic carbocycles. The van der Waals surface area contributed by atoms with Gasteiger partial charge in [-0.2, -0.15) is 9.29 Å². The minimum Gasteiger partial charge on any atom is -0.473 e. The van der Waals surface area contributed by atoms with E-state index in [0.29, 0.717) is 24.8 Å². The quantitative estimate of drug-likeness (QED) is 0.814. The highest BCUT2D eigenvalue weighted by Crippen LogP contribution is 2.33. The zero-order valence-electron chi connectivity index (χ0n) is 10.8. The number of nitrogens with zero attached hydrogens (tertiary/aromatic N) is 3. The maximum Gasteiger partial charge on any atom is 0.217 e. The highest BCUT2D eigenvalue weighted by atomic mass is 32.2. The summed E-state index contributed by atoms with van der Waals surface area (Å²) in [4.78, 5) is 8.17. The Morgan fingerprint density at radius 1 is 1.37 bits per heavy atom. The number of hydrogen-bond donors (Lipinski definition) is 0. The second kappa shape index (κ2) is 4.72. The van der Waals surface area contributed by atoms with Crippen LogP contribution in [0, 0.1) is 6.92 Å². The van der Waals surface area contributed by atoms with Crippen LogP contribution in [-0.2, 0) is 10.0 Å². The molecule has 1 unspecified atom stereocenters. The van der Waals surface area contributed by atoms with Gasteiger partial charge in [0, 0.05) is 18.8 Å². The molecule has 0 spiro atoms. The molecule has 1 atom stereocenters. The molecule has 104 valence electrons. The smallest absolute Gasteiger partial charge is 0.217 e. The average molecular weight is 283 g/mol. The van der Waals surface area contributed by atoms with Crippen LogP contribution in [0.15, 0.2) is 12.3 Å². The largest absolute Gasteiger partial charge is 0.473 e. The second-order valence-corrected chi connectivity index (χ2v) is 7.29. The first-order valence-corrected chi connectivity index (χ1v) is 8.01. The molecule has 6 nitrogen and oxygen atoms in total. The fourth-order valence-electron chi connectivity index (χ4n) is 2.27. The number of hydrogen-bond acceptors (Lipinski definition) is 5. The van der Waals surface area contributed by atoms with E-state index in [1.807, 2.05) is 0 Å². The monoisotopic (exact) mass is 283 g/mol. The standard InChI is InChI=1S/C12H17N3O3S/c1-9-13-6-4-12(14-9)18-10-5-7-15(8-10)19(16,17)11-2-3-11/h4,6,10-11H,2-3,5,7-8H2,1H3. The molecule has 0 aromatic carbocycles. The highest BCUT2D eigenvalue weighted by molar-refractivity contribution is 7.90. The lowest BCUT2D eigenvalue weighted by Crippen LogP contribution is -2.33. The first-order valence-electron chi connectivity index (χ1n) is 6.51. The summed E-state index contributed by atoms with van der Waals surface area (Å²) in [6, 6.07) is 1.70. The van der Waals surface area contributed by atoms with Gasteiger partial charge in [0.05, 0.1) is 11.8 Å². The van der Waals surface area contributed by atoms with Gasteiger partial charge in [-0.3, -0.25) is 0 Å². The van der Waals surface area contributed by atoms with Crippen molar-refractivity contribution in [2.24, 2.45) is 0 Å². The molecular formula is C12H17N3O3S. The fraction of sp³-hybridized carbons (Fsp3) is 0.667. The zero-order chi connectivity index (χ0) is 13.5. The predicted octanol–water partition coefficient (Wildman–Crippen LogP) is 0.730. The third kappa shape index (κ3) is 2.71. The van der Waals surface area contributed by atoms with Gasteiger partial charge in [0.15, 0.2) is 0 Å². The summed E-state index contributed by atoms with van der Waals surface area (Å²) in [6.07, 6.45) is 3.86. The van der Waals surface area contributed by atoms with Crippen molar-refractivity contribution in [3.8, 4) is 5.88 Å². The van der Waals surface area contributed by atoms with Gasteiger partial charge in [-0.25, -0.2) is 13.4 Å². The minimum absolute atomic E-state index is 0.108. The molecule has 2 fully saturated rings. The van der Waals surface area contributed by atoms with E-state index < -0.39 is 10.0 Å². The normalized spacial score (nSPS) is 24.6. The third-order valence-corrected chi connectivity index (χ3v) is 5.82.